The Morgan fingerprint density at radius 2 is 1.39 bits per heavy atom. The van der Waals surface area contributed by atoms with E-state index in [4.69, 9.17) is 4.74 Å². The van der Waals surface area contributed by atoms with E-state index in [1.165, 1.54) is 0 Å². The molecule has 0 aliphatic heterocycles. The smallest absolute Gasteiger partial charge is 0.154 e. The molecule has 93 valence electrons. The van der Waals surface area contributed by atoms with Crippen LogP contribution in [0.25, 0.3) is 0 Å². The second-order valence-corrected chi connectivity index (χ2v) is 7.97. The quantitative estimate of drug-likeness (QED) is 0.429. The monoisotopic (exact) mass is 689 g/mol. The lowest BCUT2D eigenvalue weighted by molar-refractivity contribution is 0.455. The number of hydrogen-bond donors (Lipinski definition) is 1. The van der Waals surface area contributed by atoms with Crippen molar-refractivity contribution >= 4 is 90.4 Å². The maximum atomic E-state index is 9.73. The van der Waals surface area contributed by atoms with Crippen LogP contribution < -0.4 is 4.74 Å². The van der Waals surface area contributed by atoms with E-state index in [0.717, 1.165) is 25.8 Å². The molecule has 2 nitrogen and oxygen atoms in total. The van der Waals surface area contributed by atoms with Crippen LogP contribution in [0.5, 0.6) is 17.2 Å². The van der Waals surface area contributed by atoms with Gasteiger partial charge in [-0.25, -0.2) is 0 Å². The predicted molar refractivity (Wildman–Crippen MR) is 104 cm³/mol. The molecule has 0 aliphatic carbocycles. The fourth-order valence-electron chi connectivity index (χ4n) is 1.25. The fraction of sp³-hybridized carbons (Fsp3) is 0. The molecule has 2 aromatic rings. The van der Waals surface area contributed by atoms with E-state index in [2.05, 4.69) is 96.4 Å². The largest absolute Gasteiger partial charge is 0.506 e. The Bertz CT molecular complexity index is 555. The Morgan fingerprint density at radius 1 is 0.889 bits per heavy atom. The second kappa shape index (κ2) is 6.61. The minimum absolute atomic E-state index is 0.300. The number of phenols is 1. The number of rotatable bonds is 2. The van der Waals surface area contributed by atoms with Gasteiger partial charge >= 0.3 is 0 Å². The summed E-state index contributed by atoms with van der Waals surface area (Å²) in [5.74, 6) is 1.85. The number of aromatic hydroxyl groups is 1. The molecule has 0 saturated carbocycles. The normalized spacial score (nSPS) is 10.4. The van der Waals surface area contributed by atoms with Crippen molar-refractivity contribution in [2.24, 2.45) is 0 Å². The number of benzene rings is 2. The van der Waals surface area contributed by atoms with Crippen LogP contribution in [-0.4, -0.2) is 5.11 Å². The lowest BCUT2D eigenvalue weighted by Crippen LogP contribution is -1.92. The average molecular weight is 689 g/mol. The van der Waals surface area contributed by atoms with Crippen LogP contribution in [0, 0.1) is 20.3 Å². The Balaban J connectivity index is 2.41. The zero-order valence-electron chi connectivity index (χ0n) is 8.68. The highest BCUT2D eigenvalue weighted by Crippen LogP contribution is 2.35. The van der Waals surface area contributed by atoms with Crippen molar-refractivity contribution in [3.8, 4) is 17.2 Å². The molecule has 0 bridgehead atoms. The predicted octanol–water partition coefficient (Wildman–Crippen LogP) is 5.40. The van der Waals surface area contributed by atoms with Gasteiger partial charge in [-0.2, -0.15) is 0 Å². The van der Waals surface area contributed by atoms with Crippen LogP contribution in [0.4, 0.5) is 0 Å². The van der Waals surface area contributed by atoms with E-state index < -0.39 is 0 Å². The maximum absolute atomic E-state index is 9.73. The highest BCUT2D eigenvalue weighted by molar-refractivity contribution is 14.1. The van der Waals surface area contributed by atoms with Crippen LogP contribution in [0.1, 0.15) is 0 Å². The van der Waals surface area contributed by atoms with Gasteiger partial charge in [-0.05, 0) is 121 Å². The van der Waals surface area contributed by atoms with Crippen LogP contribution in [0.3, 0.4) is 0 Å². The molecule has 0 aliphatic rings. The van der Waals surface area contributed by atoms with Gasteiger partial charge in [0.15, 0.2) is 5.75 Å². The molecule has 0 atom stereocenters. The van der Waals surface area contributed by atoms with Gasteiger partial charge in [0.25, 0.3) is 0 Å². The third-order valence-corrected chi connectivity index (χ3v) is 5.31. The Labute approximate surface area is 159 Å². The molecule has 0 fully saturated rings. The molecule has 0 amide bonds. The van der Waals surface area contributed by atoms with Crippen LogP contribution in [0.15, 0.2) is 24.3 Å². The SMILES string of the molecule is Oc1c(I)cc(Oc2c(I)c[c]cc2I)cc1I. The Kier molecular flexibility index (Phi) is 5.64. The molecule has 0 saturated heterocycles. The Hall–Kier alpha value is 0.960. The summed E-state index contributed by atoms with van der Waals surface area (Å²) in [5.41, 5.74) is 0. The van der Waals surface area contributed by atoms with Gasteiger partial charge in [0, 0.05) is 0 Å². The lowest BCUT2D eigenvalue weighted by atomic mass is 10.3. The lowest BCUT2D eigenvalue weighted by Gasteiger charge is -2.11. The molecule has 0 heterocycles. The first kappa shape index (κ1) is 15.4. The molecular weight excluding hydrogens is 684 g/mol. The molecule has 1 N–H and O–H groups in total. The summed E-state index contributed by atoms with van der Waals surface area (Å²) < 4.78 is 9.48. The molecule has 1 radical (unpaired) electrons. The molecule has 0 aromatic heterocycles. The minimum Gasteiger partial charge on any atom is -0.506 e. The van der Waals surface area contributed by atoms with Gasteiger partial charge in [0.2, 0.25) is 0 Å². The summed E-state index contributed by atoms with van der Waals surface area (Å²) in [6, 6.07) is 10.5. The number of halogens is 4. The number of ether oxygens (including phenoxy) is 1. The van der Waals surface area contributed by atoms with E-state index in [0.29, 0.717) is 5.75 Å². The van der Waals surface area contributed by atoms with Gasteiger partial charge in [-0.1, -0.05) is 0 Å². The van der Waals surface area contributed by atoms with Crippen molar-refractivity contribution in [3.63, 3.8) is 0 Å². The molecule has 6 heteroatoms. The van der Waals surface area contributed by atoms with E-state index in [9.17, 15) is 5.11 Å². The van der Waals surface area contributed by atoms with Crippen molar-refractivity contribution < 1.29 is 9.84 Å². The van der Waals surface area contributed by atoms with E-state index in [-0.39, 0.29) is 0 Å². The second-order valence-electron chi connectivity index (χ2n) is 3.32. The average Bonchev–Trinajstić information content (AvgIpc) is 2.31. The molecule has 0 unspecified atom stereocenters. The van der Waals surface area contributed by atoms with Crippen molar-refractivity contribution in [3.05, 3.63) is 44.6 Å². The van der Waals surface area contributed by atoms with Crippen LogP contribution in [-0.2, 0) is 0 Å². The summed E-state index contributed by atoms with van der Waals surface area (Å²) in [5, 5.41) is 9.73. The molecule has 0 spiro atoms. The minimum atomic E-state index is 0.300. The van der Waals surface area contributed by atoms with Crippen LogP contribution in [0.2, 0.25) is 0 Å². The third-order valence-electron chi connectivity index (χ3n) is 2.06. The fourth-order valence-corrected chi connectivity index (χ4v) is 4.64. The molecule has 2 aromatic carbocycles. The van der Waals surface area contributed by atoms with Crippen LogP contribution >= 0.6 is 90.4 Å². The molecule has 2 rings (SSSR count). The summed E-state index contributed by atoms with van der Waals surface area (Å²) in [6.45, 7) is 0. The zero-order valence-corrected chi connectivity index (χ0v) is 17.3. The van der Waals surface area contributed by atoms with Gasteiger partial charge in [0.05, 0.1) is 14.3 Å². The maximum Gasteiger partial charge on any atom is 0.154 e. The van der Waals surface area contributed by atoms with Crippen molar-refractivity contribution in [2.75, 3.05) is 0 Å². The van der Waals surface area contributed by atoms with Crippen molar-refractivity contribution in [1.82, 2.24) is 0 Å². The summed E-state index contributed by atoms with van der Waals surface area (Å²) >= 11 is 8.63. The summed E-state index contributed by atoms with van der Waals surface area (Å²) in [6.07, 6.45) is 0. The number of phenolic OH excluding ortho intramolecular Hbond substituents is 1. The van der Waals surface area contributed by atoms with E-state index >= 15 is 0 Å². The topological polar surface area (TPSA) is 29.5 Å². The van der Waals surface area contributed by atoms with Gasteiger partial charge in [-0.3, -0.25) is 0 Å². The van der Waals surface area contributed by atoms with Gasteiger partial charge in [0.1, 0.15) is 11.5 Å². The first-order valence-corrected chi connectivity index (χ1v) is 9.01. The molecular formula is C12H5I4O2. The number of hydrogen-bond acceptors (Lipinski definition) is 2. The third kappa shape index (κ3) is 3.53. The van der Waals surface area contributed by atoms with Crippen molar-refractivity contribution in [1.29, 1.82) is 0 Å². The van der Waals surface area contributed by atoms with E-state index in [1.807, 2.05) is 24.3 Å². The van der Waals surface area contributed by atoms with Gasteiger partial charge in [-0.15, -0.1) is 0 Å². The highest BCUT2D eigenvalue weighted by atomic mass is 127. The summed E-state index contributed by atoms with van der Waals surface area (Å²) in [4.78, 5) is 0. The zero-order chi connectivity index (χ0) is 13.3. The Morgan fingerprint density at radius 3 is 1.89 bits per heavy atom. The highest BCUT2D eigenvalue weighted by Gasteiger charge is 2.11. The van der Waals surface area contributed by atoms with Gasteiger partial charge < -0.3 is 9.84 Å². The molecule has 18 heavy (non-hydrogen) atoms. The van der Waals surface area contributed by atoms with E-state index in [1.54, 1.807) is 0 Å². The first-order valence-electron chi connectivity index (χ1n) is 4.70. The summed E-state index contributed by atoms with van der Waals surface area (Å²) in [7, 11) is 0. The van der Waals surface area contributed by atoms with Crippen molar-refractivity contribution in [2.45, 2.75) is 0 Å². The first-order chi connectivity index (χ1) is 8.49. The standard InChI is InChI=1S/C12H5I4O2/c13-7-2-1-3-8(14)12(7)18-6-4-9(15)11(17)10(16)5-6/h2-5,17H.